The highest BCUT2D eigenvalue weighted by molar-refractivity contribution is 7.12. The molecule has 0 N–H and O–H groups in total. The van der Waals surface area contributed by atoms with Crippen LogP contribution in [0.15, 0.2) is 66.0 Å². The van der Waals surface area contributed by atoms with Gasteiger partial charge in [-0.05, 0) is 41.3 Å². The van der Waals surface area contributed by atoms with Gasteiger partial charge in [0.15, 0.2) is 0 Å². The summed E-state index contributed by atoms with van der Waals surface area (Å²) in [7, 11) is 3.43. The predicted molar refractivity (Wildman–Crippen MR) is 105 cm³/mol. The Morgan fingerprint density at radius 2 is 1.69 bits per heavy atom. The molecule has 3 rings (SSSR count). The molecule has 1 aromatic heterocycles. The Labute approximate surface area is 157 Å². The van der Waals surface area contributed by atoms with Gasteiger partial charge in [0, 0.05) is 12.6 Å². The van der Waals surface area contributed by atoms with E-state index in [-0.39, 0.29) is 5.91 Å². The lowest BCUT2D eigenvalue weighted by Gasteiger charge is -2.18. The molecule has 0 spiro atoms. The molecule has 134 valence electrons. The highest BCUT2D eigenvalue weighted by Crippen LogP contribution is 2.29. The van der Waals surface area contributed by atoms with Gasteiger partial charge in [-0.15, -0.1) is 11.3 Å². The maximum absolute atomic E-state index is 12.8. The van der Waals surface area contributed by atoms with Crippen molar-refractivity contribution in [2.24, 2.45) is 0 Å². The molecule has 0 aliphatic heterocycles. The topological polar surface area (TPSA) is 38.8 Å². The number of hydrogen-bond acceptors (Lipinski definition) is 4. The van der Waals surface area contributed by atoms with E-state index in [0.29, 0.717) is 13.2 Å². The molecule has 0 bridgehead atoms. The number of benzene rings is 2. The predicted octanol–water partition coefficient (Wildman–Crippen LogP) is 4.57. The van der Waals surface area contributed by atoms with E-state index >= 15 is 0 Å². The van der Waals surface area contributed by atoms with Crippen LogP contribution in [0.2, 0.25) is 0 Å². The Morgan fingerprint density at radius 3 is 2.38 bits per heavy atom. The van der Waals surface area contributed by atoms with Crippen molar-refractivity contribution < 1.29 is 14.3 Å². The van der Waals surface area contributed by atoms with Crippen LogP contribution in [-0.2, 0) is 0 Å². The molecule has 1 heterocycles. The van der Waals surface area contributed by atoms with Crippen LogP contribution in [0.4, 0.5) is 0 Å². The second kappa shape index (κ2) is 8.54. The Hall–Kier alpha value is -2.79. The number of hydrogen-bond donors (Lipinski definition) is 0. The SMILES string of the molecule is COc1ccc(OCCN(C)C(=O)c2sccc2-c2ccccc2)cc1. The quantitative estimate of drug-likeness (QED) is 0.614. The van der Waals surface area contributed by atoms with E-state index < -0.39 is 0 Å². The molecular formula is C21H21NO3S. The summed E-state index contributed by atoms with van der Waals surface area (Å²) in [6.45, 7) is 0.942. The van der Waals surface area contributed by atoms with Crippen molar-refractivity contribution in [1.29, 1.82) is 0 Å². The smallest absolute Gasteiger partial charge is 0.264 e. The third-order valence-corrected chi connectivity index (χ3v) is 4.95. The molecule has 5 heteroatoms. The van der Waals surface area contributed by atoms with Crippen LogP contribution in [0.1, 0.15) is 9.67 Å². The van der Waals surface area contributed by atoms with Gasteiger partial charge in [0.1, 0.15) is 18.1 Å². The second-order valence-corrected chi connectivity index (χ2v) is 6.70. The number of carbonyl (C=O) groups excluding carboxylic acids is 1. The number of amides is 1. The lowest BCUT2D eigenvalue weighted by atomic mass is 10.1. The monoisotopic (exact) mass is 367 g/mol. The summed E-state index contributed by atoms with van der Waals surface area (Å²) in [6, 6.07) is 19.4. The zero-order valence-electron chi connectivity index (χ0n) is 14.8. The fourth-order valence-corrected chi connectivity index (χ4v) is 3.48. The van der Waals surface area contributed by atoms with Gasteiger partial charge in [-0.3, -0.25) is 4.79 Å². The summed E-state index contributed by atoms with van der Waals surface area (Å²) in [5.74, 6) is 1.56. The van der Waals surface area contributed by atoms with Crippen molar-refractivity contribution in [2.45, 2.75) is 0 Å². The first-order valence-corrected chi connectivity index (χ1v) is 9.22. The second-order valence-electron chi connectivity index (χ2n) is 5.78. The molecular weight excluding hydrogens is 346 g/mol. The molecule has 4 nitrogen and oxygen atoms in total. The summed E-state index contributed by atoms with van der Waals surface area (Å²) in [5.41, 5.74) is 2.03. The van der Waals surface area contributed by atoms with E-state index in [1.165, 1.54) is 11.3 Å². The van der Waals surface area contributed by atoms with Gasteiger partial charge in [0.2, 0.25) is 0 Å². The summed E-state index contributed by atoms with van der Waals surface area (Å²) in [5, 5.41) is 1.96. The van der Waals surface area contributed by atoms with Gasteiger partial charge < -0.3 is 14.4 Å². The molecule has 0 fully saturated rings. The molecule has 0 aliphatic rings. The van der Waals surface area contributed by atoms with Crippen molar-refractivity contribution in [3.8, 4) is 22.6 Å². The Bertz CT molecular complexity index is 843. The number of methoxy groups -OCH3 is 1. The normalized spacial score (nSPS) is 10.4. The standard InChI is InChI=1S/C21H21NO3S/c1-22(13-14-25-18-10-8-17(24-2)9-11-18)21(23)20-19(12-15-26-20)16-6-4-3-5-7-16/h3-12,15H,13-14H2,1-2H3. The third kappa shape index (κ3) is 4.24. The van der Waals surface area contributed by atoms with E-state index in [4.69, 9.17) is 9.47 Å². The van der Waals surface area contributed by atoms with Crippen LogP contribution in [-0.4, -0.2) is 38.1 Å². The number of nitrogens with zero attached hydrogens (tertiary/aromatic N) is 1. The number of carbonyl (C=O) groups is 1. The zero-order chi connectivity index (χ0) is 18.4. The Kier molecular flexibility index (Phi) is 5.92. The molecule has 0 aliphatic carbocycles. The van der Waals surface area contributed by atoms with Crippen LogP contribution in [0.3, 0.4) is 0 Å². The summed E-state index contributed by atoms with van der Waals surface area (Å²) in [6.07, 6.45) is 0. The highest BCUT2D eigenvalue weighted by Gasteiger charge is 2.18. The average Bonchev–Trinajstić information content (AvgIpc) is 3.18. The summed E-state index contributed by atoms with van der Waals surface area (Å²) >= 11 is 1.47. The van der Waals surface area contributed by atoms with Crippen LogP contribution < -0.4 is 9.47 Å². The number of thiophene rings is 1. The molecule has 0 atom stereocenters. The first kappa shape index (κ1) is 18.0. The minimum absolute atomic E-state index is 0.0113. The van der Waals surface area contributed by atoms with E-state index in [2.05, 4.69) is 0 Å². The largest absolute Gasteiger partial charge is 0.497 e. The summed E-state index contributed by atoms with van der Waals surface area (Å²) < 4.78 is 10.8. The maximum Gasteiger partial charge on any atom is 0.264 e. The molecule has 0 unspecified atom stereocenters. The van der Waals surface area contributed by atoms with Crippen LogP contribution >= 0.6 is 11.3 Å². The van der Waals surface area contributed by atoms with Crippen molar-refractivity contribution in [3.05, 3.63) is 70.9 Å². The fraction of sp³-hybridized carbons (Fsp3) is 0.190. The van der Waals surface area contributed by atoms with Gasteiger partial charge in [-0.1, -0.05) is 30.3 Å². The average molecular weight is 367 g/mol. The van der Waals surface area contributed by atoms with E-state index in [9.17, 15) is 4.79 Å². The lowest BCUT2D eigenvalue weighted by Crippen LogP contribution is -2.30. The Morgan fingerprint density at radius 1 is 1.00 bits per heavy atom. The molecule has 3 aromatic rings. The lowest BCUT2D eigenvalue weighted by molar-refractivity contribution is 0.0779. The van der Waals surface area contributed by atoms with Gasteiger partial charge in [-0.2, -0.15) is 0 Å². The van der Waals surface area contributed by atoms with E-state index in [1.807, 2.05) is 66.0 Å². The van der Waals surface area contributed by atoms with Gasteiger partial charge in [0.25, 0.3) is 5.91 Å². The first-order chi connectivity index (χ1) is 12.7. The van der Waals surface area contributed by atoms with E-state index in [1.54, 1.807) is 19.1 Å². The Balaban J connectivity index is 1.59. The first-order valence-electron chi connectivity index (χ1n) is 8.34. The van der Waals surface area contributed by atoms with E-state index in [0.717, 1.165) is 27.5 Å². The third-order valence-electron chi connectivity index (χ3n) is 4.05. The molecule has 0 saturated heterocycles. The van der Waals surface area contributed by atoms with Gasteiger partial charge in [-0.25, -0.2) is 0 Å². The number of ether oxygens (including phenoxy) is 2. The van der Waals surface area contributed by atoms with Crippen molar-refractivity contribution >= 4 is 17.2 Å². The van der Waals surface area contributed by atoms with Crippen LogP contribution in [0.25, 0.3) is 11.1 Å². The maximum atomic E-state index is 12.8. The van der Waals surface area contributed by atoms with Gasteiger partial charge in [0.05, 0.1) is 18.5 Å². The van der Waals surface area contributed by atoms with Gasteiger partial charge >= 0.3 is 0 Å². The molecule has 26 heavy (non-hydrogen) atoms. The molecule has 2 aromatic carbocycles. The van der Waals surface area contributed by atoms with Crippen molar-refractivity contribution in [1.82, 2.24) is 4.90 Å². The molecule has 1 amide bonds. The van der Waals surface area contributed by atoms with Crippen molar-refractivity contribution in [3.63, 3.8) is 0 Å². The van der Waals surface area contributed by atoms with Crippen molar-refractivity contribution in [2.75, 3.05) is 27.3 Å². The summed E-state index contributed by atoms with van der Waals surface area (Å²) in [4.78, 5) is 15.2. The minimum atomic E-state index is 0.0113. The number of rotatable bonds is 7. The fourth-order valence-electron chi connectivity index (χ4n) is 2.57. The molecule has 0 saturated carbocycles. The number of likely N-dealkylation sites (N-methyl/N-ethyl adjacent to an activating group) is 1. The van der Waals surface area contributed by atoms with Crippen LogP contribution in [0, 0.1) is 0 Å². The highest BCUT2D eigenvalue weighted by atomic mass is 32.1. The zero-order valence-corrected chi connectivity index (χ0v) is 15.7. The minimum Gasteiger partial charge on any atom is -0.497 e. The van der Waals surface area contributed by atoms with Crippen LogP contribution in [0.5, 0.6) is 11.5 Å². The molecule has 0 radical (unpaired) electrons.